The Hall–Kier alpha value is -0.860. The van der Waals surface area contributed by atoms with Gasteiger partial charge in [0, 0.05) is 26.2 Å². The number of aliphatic hydroxyl groups excluding tert-OH is 1. The van der Waals surface area contributed by atoms with Crippen LogP contribution in [0.5, 0.6) is 0 Å². The molecule has 15 heavy (non-hydrogen) atoms. The summed E-state index contributed by atoms with van der Waals surface area (Å²) in [7, 11) is 1.73. The van der Waals surface area contributed by atoms with Crippen molar-refractivity contribution in [2.24, 2.45) is 0 Å². The fourth-order valence-corrected chi connectivity index (χ4v) is 1.54. The monoisotopic (exact) mass is 208 g/mol. The van der Waals surface area contributed by atoms with Gasteiger partial charge in [-0.05, 0) is 24.0 Å². The topological polar surface area (TPSA) is 29.5 Å². The molecule has 0 aliphatic heterocycles. The third-order valence-corrected chi connectivity index (χ3v) is 2.64. The smallest absolute Gasteiger partial charge is 0.0497 e. The molecule has 2 heteroatoms. The van der Waals surface area contributed by atoms with E-state index in [2.05, 4.69) is 24.3 Å². The molecule has 0 heterocycles. The average Bonchev–Trinajstić information content (AvgIpc) is 2.29. The lowest BCUT2D eigenvalue weighted by molar-refractivity contribution is 0.195. The summed E-state index contributed by atoms with van der Waals surface area (Å²) in [5.41, 5.74) is 2.54. The van der Waals surface area contributed by atoms with Crippen molar-refractivity contribution in [1.82, 2.24) is 0 Å². The average molecular weight is 208 g/mol. The van der Waals surface area contributed by atoms with Crippen molar-refractivity contribution in [2.45, 2.75) is 25.7 Å². The summed E-state index contributed by atoms with van der Waals surface area (Å²) in [5.74, 6) is 0.234. The molecule has 1 aromatic carbocycles. The molecule has 0 bridgehead atoms. The van der Waals surface area contributed by atoms with E-state index in [1.54, 1.807) is 7.11 Å². The number of hydrogen-bond acceptors (Lipinski definition) is 2. The van der Waals surface area contributed by atoms with Crippen LogP contribution in [-0.2, 0) is 11.2 Å². The molecular weight excluding hydrogens is 188 g/mol. The first-order chi connectivity index (χ1) is 7.27. The van der Waals surface area contributed by atoms with Gasteiger partial charge in [-0.2, -0.15) is 0 Å². The molecule has 0 aliphatic rings. The number of ether oxygens (including phenoxy) is 1. The molecule has 0 spiro atoms. The van der Waals surface area contributed by atoms with Crippen LogP contribution in [0, 0.1) is 0 Å². The van der Waals surface area contributed by atoms with Gasteiger partial charge in [-0.15, -0.1) is 0 Å². The van der Waals surface area contributed by atoms with E-state index < -0.39 is 0 Å². The Bertz CT molecular complexity index is 266. The Morgan fingerprint density at radius 1 is 1.27 bits per heavy atom. The van der Waals surface area contributed by atoms with Crippen LogP contribution in [0.2, 0.25) is 0 Å². The molecule has 84 valence electrons. The van der Waals surface area contributed by atoms with Crippen molar-refractivity contribution >= 4 is 0 Å². The zero-order valence-electron chi connectivity index (χ0n) is 9.57. The number of hydrogen-bond donors (Lipinski definition) is 1. The highest BCUT2D eigenvalue weighted by molar-refractivity contribution is 5.25. The van der Waals surface area contributed by atoms with Crippen LogP contribution in [0.1, 0.15) is 30.4 Å². The molecule has 0 saturated heterocycles. The maximum Gasteiger partial charge on any atom is 0.0497 e. The SMILES string of the molecule is COCCCc1ccc(C(C)CO)cc1. The Morgan fingerprint density at radius 3 is 2.47 bits per heavy atom. The lowest BCUT2D eigenvalue weighted by atomic mass is 9.99. The first-order valence-corrected chi connectivity index (χ1v) is 5.46. The molecule has 1 rings (SSSR count). The Kier molecular flexibility index (Phi) is 5.37. The van der Waals surface area contributed by atoms with E-state index >= 15 is 0 Å². The van der Waals surface area contributed by atoms with E-state index in [1.165, 1.54) is 11.1 Å². The number of methoxy groups -OCH3 is 1. The lowest BCUT2D eigenvalue weighted by Crippen LogP contribution is -1.99. The second-order valence-electron chi connectivity index (χ2n) is 3.92. The van der Waals surface area contributed by atoms with Gasteiger partial charge < -0.3 is 9.84 Å². The highest BCUT2D eigenvalue weighted by atomic mass is 16.5. The van der Waals surface area contributed by atoms with Crippen molar-refractivity contribution in [2.75, 3.05) is 20.3 Å². The molecule has 1 aromatic rings. The van der Waals surface area contributed by atoms with E-state index in [1.807, 2.05) is 6.92 Å². The normalized spacial score (nSPS) is 12.7. The molecule has 1 atom stereocenters. The molecular formula is C13H20O2. The van der Waals surface area contributed by atoms with Crippen molar-refractivity contribution in [1.29, 1.82) is 0 Å². The highest BCUT2D eigenvalue weighted by Crippen LogP contribution is 2.15. The van der Waals surface area contributed by atoms with Gasteiger partial charge in [0.05, 0.1) is 0 Å². The maximum atomic E-state index is 9.01. The van der Waals surface area contributed by atoms with Crippen LogP contribution < -0.4 is 0 Å². The van der Waals surface area contributed by atoms with Gasteiger partial charge in [-0.1, -0.05) is 31.2 Å². The molecule has 0 aromatic heterocycles. The second kappa shape index (κ2) is 6.59. The van der Waals surface area contributed by atoms with Crippen molar-refractivity contribution in [3.8, 4) is 0 Å². The summed E-state index contributed by atoms with van der Waals surface area (Å²) in [6.07, 6.45) is 2.12. The van der Waals surface area contributed by atoms with E-state index in [0.717, 1.165) is 19.4 Å². The van der Waals surface area contributed by atoms with Gasteiger partial charge in [0.25, 0.3) is 0 Å². The molecule has 1 N–H and O–H groups in total. The molecule has 0 amide bonds. The van der Waals surface area contributed by atoms with Crippen LogP contribution >= 0.6 is 0 Å². The van der Waals surface area contributed by atoms with Crippen LogP contribution in [0.25, 0.3) is 0 Å². The van der Waals surface area contributed by atoms with Crippen molar-refractivity contribution < 1.29 is 9.84 Å². The number of aliphatic hydroxyl groups is 1. The zero-order valence-corrected chi connectivity index (χ0v) is 9.57. The molecule has 0 aliphatic carbocycles. The zero-order chi connectivity index (χ0) is 11.1. The first kappa shape index (κ1) is 12.2. The summed E-state index contributed by atoms with van der Waals surface area (Å²) in [5, 5.41) is 9.01. The third-order valence-electron chi connectivity index (χ3n) is 2.64. The maximum absolute atomic E-state index is 9.01. The fraction of sp³-hybridized carbons (Fsp3) is 0.538. The summed E-state index contributed by atoms with van der Waals surface area (Å²) < 4.78 is 5.01. The van der Waals surface area contributed by atoms with Gasteiger partial charge in [0.15, 0.2) is 0 Å². The molecule has 0 radical (unpaired) electrons. The Morgan fingerprint density at radius 2 is 1.93 bits per heavy atom. The summed E-state index contributed by atoms with van der Waals surface area (Å²) in [4.78, 5) is 0. The van der Waals surface area contributed by atoms with Crippen molar-refractivity contribution in [3.05, 3.63) is 35.4 Å². The third kappa shape index (κ3) is 4.02. The minimum atomic E-state index is 0.211. The molecule has 0 fully saturated rings. The van der Waals surface area contributed by atoms with Gasteiger partial charge in [0.2, 0.25) is 0 Å². The van der Waals surface area contributed by atoms with Gasteiger partial charge in [-0.25, -0.2) is 0 Å². The highest BCUT2D eigenvalue weighted by Gasteiger charge is 2.02. The Labute approximate surface area is 91.9 Å². The predicted octanol–water partition coefficient (Wildman–Crippen LogP) is 2.36. The minimum Gasteiger partial charge on any atom is -0.396 e. The quantitative estimate of drug-likeness (QED) is 0.727. The minimum absolute atomic E-state index is 0.211. The van der Waals surface area contributed by atoms with Gasteiger partial charge in [-0.3, -0.25) is 0 Å². The summed E-state index contributed by atoms with van der Waals surface area (Å²) in [6.45, 7) is 3.05. The molecule has 2 nitrogen and oxygen atoms in total. The van der Waals surface area contributed by atoms with E-state index in [-0.39, 0.29) is 12.5 Å². The number of aryl methyl sites for hydroxylation is 1. The second-order valence-corrected chi connectivity index (χ2v) is 3.92. The van der Waals surface area contributed by atoms with Crippen molar-refractivity contribution in [3.63, 3.8) is 0 Å². The van der Waals surface area contributed by atoms with E-state index in [4.69, 9.17) is 9.84 Å². The lowest BCUT2D eigenvalue weighted by Gasteiger charge is -2.09. The Balaban J connectivity index is 2.49. The van der Waals surface area contributed by atoms with Crippen LogP contribution in [0.4, 0.5) is 0 Å². The van der Waals surface area contributed by atoms with Crippen LogP contribution in [0.15, 0.2) is 24.3 Å². The standard InChI is InChI=1S/C13H20O2/c1-11(10-14)13-7-5-12(6-8-13)4-3-9-15-2/h5-8,11,14H,3-4,9-10H2,1-2H3. The van der Waals surface area contributed by atoms with E-state index in [0.29, 0.717) is 0 Å². The predicted molar refractivity (Wildman–Crippen MR) is 62.1 cm³/mol. The first-order valence-electron chi connectivity index (χ1n) is 5.46. The fourth-order valence-electron chi connectivity index (χ4n) is 1.54. The molecule has 0 saturated carbocycles. The largest absolute Gasteiger partial charge is 0.396 e. The summed E-state index contributed by atoms with van der Waals surface area (Å²) >= 11 is 0. The number of rotatable bonds is 6. The van der Waals surface area contributed by atoms with Crippen LogP contribution in [0.3, 0.4) is 0 Å². The summed E-state index contributed by atoms with van der Waals surface area (Å²) in [6, 6.07) is 8.47. The number of benzene rings is 1. The molecule has 1 unspecified atom stereocenters. The van der Waals surface area contributed by atoms with Gasteiger partial charge in [0.1, 0.15) is 0 Å². The van der Waals surface area contributed by atoms with E-state index in [9.17, 15) is 0 Å². The van der Waals surface area contributed by atoms with Gasteiger partial charge >= 0.3 is 0 Å². The van der Waals surface area contributed by atoms with Crippen LogP contribution in [-0.4, -0.2) is 25.4 Å².